The van der Waals surface area contributed by atoms with Crippen molar-refractivity contribution < 1.29 is 9.21 Å². The summed E-state index contributed by atoms with van der Waals surface area (Å²) in [6, 6.07) is 3.79. The first-order valence-electron chi connectivity index (χ1n) is 4.91. The molecule has 0 N–H and O–H groups in total. The lowest BCUT2D eigenvalue weighted by Crippen LogP contribution is -2.22. The fourth-order valence-electron chi connectivity index (χ4n) is 1.64. The summed E-state index contributed by atoms with van der Waals surface area (Å²) in [6.07, 6.45) is 6.52. The van der Waals surface area contributed by atoms with Crippen LogP contribution in [0.4, 0.5) is 0 Å². The van der Waals surface area contributed by atoms with Crippen molar-refractivity contribution >= 4 is 5.78 Å². The van der Waals surface area contributed by atoms with Gasteiger partial charge in [0.25, 0.3) is 0 Å². The highest BCUT2D eigenvalue weighted by molar-refractivity contribution is 5.81. The van der Waals surface area contributed by atoms with E-state index in [0.717, 1.165) is 25.0 Å². The Kier molecular flexibility index (Phi) is 2.48. The van der Waals surface area contributed by atoms with Crippen molar-refractivity contribution in [1.82, 2.24) is 0 Å². The highest BCUT2D eigenvalue weighted by Crippen LogP contribution is 2.28. The minimum Gasteiger partial charge on any atom is -0.469 e. The van der Waals surface area contributed by atoms with Gasteiger partial charge >= 0.3 is 0 Å². The van der Waals surface area contributed by atoms with Crippen molar-refractivity contribution in [3.8, 4) is 0 Å². The Hall–Kier alpha value is -1.05. The molecule has 0 spiro atoms. The number of aryl methyl sites for hydroxylation is 1. The van der Waals surface area contributed by atoms with Crippen molar-refractivity contribution in [2.45, 2.75) is 32.1 Å². The van der Waals surface area contributed by atoms with Gasteiger partial charge < -0.3 is 4.42 Å². The van der Waals surface area contributed by atoms with Gasteiger partial charge in [0.05, 0.1) is 6.26 Å². The lowest BCUT2D eigenvalue weighted by Gasteiger charge is -2.23. The smallest absolute Gasteiger partial charge is 0.136 e. The molecule has 0 atom stereocenters. The maximum atomic E-state index is 11.5. The van der Waals surface area contributed by atoms with Crippen LogP contribution in [0.15, 0.2) is 22.8 Å². The van der Waals surface area contributed by atoms with E-state index in [-0.39, 0.29) is 0 Å². The number of hydrogen-bond acceptors (Lipinski definition) is 2. The van der Waals surface area contributed by atoms with Crippen LogP contribution in [0.1, 0.15) is 31.4 Å². The zero-order valence-electron chi connectivity index (χ0n) is 7.66. The van der Waals surface area contributed by atoms with Crippen LogP contribution in [0, 0.1) is 5.92 Å². The summed E-state index contributed by atoms with van der Waals surface area (Å²) in [7, 11) is 0. The molecule has 1 heterocycles. The van der Waals surface area contributed by atoms with Crippen LogP contribution in [0.5, 0.6) is 0 Å². The molecule has 0 amide bonds. The first kappa shape index (κ1) is 8.54. The van der Waals surface area contributed by atoms with E-state index in [1.165, 1.54) is 6.42 Å². The molecule has 2 nitrogen and oxygen atoms in total. The second kappa shape index (κ2) is 3.77. The molecule has 70 valence electrons. The van der Waals surface area contributed by atoms with E-state index in [1.807, 2.05) is 12.1 Å². The molecule has 0 saturated heterocycles. The molecule has 0 aliphatic heterocycles. The molecule has 1 aliphatic carbocycles. The van der Waals surface area contributed by atoms with Gasteiger partial charge in [0.1, 0.15) is 11.5 Å². The third-order valence-electron chi connectivity index (χ3n) is 2.76. The van der Waals surface area contributed by atoms with Crippen LogP contribution in [0.2, 0.25) is 0 Å². The number of carbonyl (C=O) groups is 1. The standard InChI is InChI=1S/C11H14O2/c12-11(9-3-1-4-9)7-6-10-5-2-8-13-10/h2,5,8-9H,1,3-4,6-7H2. The van der Waals surface area contributed by atoms with E-state index in [2.05, 4.69) is 0 Å². The zero-order chi connectivity index (χ0) is 9.10. The van der Waals surface area contributed by atoms with Gasteiger partial charge in [-0.15, -0.1) is 0 Å². The van der Waals surface area contributed by atoms with E-state index >= 15 is 0 Å². The predicted octanol–water partition coefficient (Wildman–Crippen LogP) is 2.58. The van der Waals surface area contributed by atoms with Crippen molar-refractivity contribution in [1.29, 1.82) is 0 Å². The molecule has 0 unspecified atom stereocenters. The Bertz CT molecular complexity index is 270. The lowest BCUT2D eigenvalue weighted by atomic mass is 9.81. The molecule has 1 aromatic heterocycles. The van der Waals surface area contributed by atoms with Gasteiger partial charge in [-0.25, -0.2) is 0 Å². The van der Waals surface area contributed by atoms with Gasteiger partial charge in [-0.2, -0.15) is 0 Å². The molecule has 1 fully saturated rings. The van der Waals surface area contributed by atoms with E-state index < -0.39 is 0 Å². The Morgan fingerprint density at radius 1 is 1.54 bits per heavy atom. The maximum absolute atomic E-state index is 11.5. The van der Waals surface area contributed by atoms with Gasteiger partial charge in [0.15, 0.2) is 0 Å². The van der Waals surface area contributed by atoms with E-state index in [0.29, 0.717) is 18.1 Å². The predicted molar refractivity (Wildman–Crippen MR) is 49.4 cm³/mol. The molecule has 0 bridgehead atoms. The van der Waals surface area contributed by atoms with Crippen molar-refractivity contribution in [2.24, 2.45) is 5.92 Å². The van der Waals surface area contributed by atoms with E-state index in [4.69, 9.17) is 4.42 Å². The van der Waals surface area contributed by atoms with Crippen LogP contribution < -0.4 is 0 Å². The summed E-state index contributed by atoms with van der Waals surface area (Å²) in [5.74, 6) is 1.71. The average Bonchev–Trinajstić information content (AvgIpc) is 2.49. The zero-order valence-corrected chi connectivity index (χ0v) is 7.66. The first-order valence-corrected chi connectivity index (χ1v) is 4.91. The second-order valence-electron chi connectivity index (χ2n) is 3.67. The molecule has 0 aromatic carbocycles. The normalized spacial score (nSPS) is 16.9. The van der Waals surface area contributed by atoms with Gasteiger partial charge in [0, 0.05) is 18.8 Å². The van der Waals surface area contributed by atoms with Crippen molar-refractivity contribution in [3.05, 3.63) is 24.2 Å². The summed E-state index contributed by atoms with van der Waals surface area (Å²) >= 11 is 0. The number of hydrogen-bond donors (Lipinski definition) is 0. The quantitative estimate of drug-likeness (QED) is 0.709. The molecule has 1 saturated carbocycles. The third kappa shape index (κ3) is 2.00. The SMILES string of the molecule is O=C(CCc1ccco1)C1CCC1. The Labute approximate surface area is 77.9 Å². The first-order chi connectivity index (χ1) is 6.36. The van der Waals surface area contributed by atoms with Crippen molar-refractivity contribution in [2.75, 3.05) is 0 Å². The molecular formula is C11H14O2. The summed E-state index contributed by atoms with van der Waals surface area (Å²) in [5, 5.41) is 0. The lowest BCUT2D eigenvalue weighted by molar-refractivity contribution is -0.125. The van der Waals surface area contributed by atoms with Crippen LogP contribution in [0.25, 0.3) is 0 Å². The monoisotopic (exact) mass is 178 g/mol. The fraction of sp³-hybridized carbons (Fsp3) is 0.545. The Balaban J connectivity index is 1.76. The summed E-state index contributed by atoms with van der Waals surface area (Å²) in [4.78, 5) is 11.5. The third-order valence-corrected chi connectivity index (χ3v) is 2.76. The number of carbonyl (C=O) groups excluding carboxylic acids is 1. The topological polar surface area (TPSA) is 30.2 Å². The number of Topliss-reactive ketones (excluding diaryl/α,β-unsaturated/α-hetero) is 1. The van der Waals surface area contributed by atoms with Crippen LogP contribution in [-0.4, -0.2) is 5.78 Å². The highest BCUT2D eigenvalue weighted by atomic mass is 16.3. The van der Waals surface area contributed by atoms with Gasteiger partial charge in [-0.1, -0.05) is 6.42 Å². The number of ketones is 1. The minimum absolute atomic E-state index is 0.370. The van der Waals surface area contributed by atoms with Gasteiger partial charge in [-0.05, 0) is 25.0 Å². The molecule has 1 aliphatic rings. The highest BCUT2D eigenvalue weighted by Gasteiger charge is 2.24. The second-order valence-corrected chi connectivity index (χ2v) is 3.67. The molecule has 2 rings (SSSR count). The van der Waals surface area contributed by atoms with Crippen LogP contribution in [0.3, 0.4) is 0 Å². The molecule has 1 aromatic rings. The van der Waals surface area contributed by atoms with Gasteiger partial charge in [0.2, 0.25) is 0 Å². The minimum atomic E-state index is 0.370. The van der Waals surface area contributed by atoms with Crippen molar-refractivity contribution in [3.63, 3.8) is 0 Å². The maximum Gasteiger partial charge on any atom is 0.136 e. The van der Waals surface area contributed by atoms with E-state index in [1.54, 1.807) is 6.26 Å². The number of rotatable bonds is 4. The number of furan rings is 1. The summed E-state index contributed by atoms with van der Waals surface area (Å²) in [5.41, 5.74) is 0. The Morgan fingerprint density at radius 3 is 2.92 bits per heavy atom. The van der Waals surface area contributed by atoms with Crippen LogP contribution in [-0.2, 0) is 11.2 Å². The molecule has 0 radical (unpaired) electrons. The van der Waals surface area contributed by atoms with Crippen LogP contribution >= 0.6 is 0 Å². The Morgan fingerprint density at radius 2 is 2.38 bits per heavy atom. The fourth-order valence-corrected chi connectivity index (χ4v) is 1.64. The molecule has 2 heteroatoms. The largest absolute Gasteiger partial charge is 0.469 e. The summed E-state index contributed by atoms with van der Waals surface area (Å²) < 4.78 is 5.16. The molecule has 13 heavy (non-hydrogen) atoms. The summed E-state index contributed by atoms with van der Waals surface area (Å²) in [6.45, 7) is 0. The average molecular weight is 178 g/mol. The van der Waals surface area contributed by atoms with Gasteiger partial charge in [-0.3, -0.25) is 4.79 Å². The molecular weight excluding hydrogens is 164 g/mol. The van der Waals surface area contributed by atoms with E-state index in [9.17, 15) is 4.79 Å².